The fourth-order valence-electron chi connectivity index (χ4n) is 2.86. The fourth-order valence-corrected chi connectivity index (χ4v) is 3.05. The van der Waals surface area contributed by atoms with E-state index in [0.717, 1.165) is 18.4 Å². The van der Waals surface area contributed by atoms with Crippen LogP contribution >= 0.6 is 11.6 Å². The van der Waals surface area contributed by atoms with Crippen molar-refractivity contribution < 1.29 is 24.2 Å². The van der Waals surface area contributed by atoms with Crippen LogP contribution in [0.15, 0.2) is 42.5 Å². The van der Waals surface area contributed by atoms with E-state index in [1.807, 2.05) is 18.2 Å². The second-order valence-electron chi connectivity index (χ2n) is 6.32. The summed E-state index contributed by atoms with van der Waals surface area (Å²) in [5.41, 5.74) is 0.996. The van der Waals surface area contributed by atoms with Crippen molar-refractivity contribution in [3.05, 3.63) is 58.6 Å². The minimum atomic E-state index is -1.09. The molecule has 0 aromatic heterocycles. The van der Waals surface area contributed by atoms with Crippen molar-refractivity contribution in [1.29, 1.82) is 0 Å². The number of halogens is 1. The first kappa shape index (κ1) is 19.0. The molecule has 0 aliphatic heterocycles. The molecule has 1 saturated carbocycles. The van der Waals surface area contributed by atoms with Crippen LogP contribution in [-0.2, 0) is 10.3 Å². The monoisotopic (exact) mass is 389 g/mol. The predicted molar refractivity (Wildman–Crippen MR) is 101 cm³/mol. The number of hydrogen-bond acceptors (Lipinski definition) is 4. The molecule has 2 N–H and O–H groups in total. The third-order valence-corrected chi connectivity index (χ3v) is 4.57. The van der Waals surface area contributed by atoms with Crippen LogP contribution in [0.25, 0.3) is 0 Å². The maximum Gasteiger partial charge on any atom is 0.341 e. The molecule has 1 aliphatic carbocycles. The third kappa shape index (κ3) is 4.52. The lowest BCUT2D eigenvalue weighted by molar-refractivity contribution is -0.139. The largest absolute Gasteiger partial charge is 0.490 e. The molecule has 142 valence electrons. The molecular formula is C20H20ClNO5. The minimum Gasteiger partial charge on any atom is -0.490 e. The topological polar surface area (TPSA) is 84.9 Å². The maximum absolute atomic E-state index is 12.8. The van der Waals surface area contributed by atoms with E-state index in [1.165, 1.54) is 0 Å². The van der Waals surface area contributed by atoms with Gasteiger partial charge in [-0.05, 0) is 55.7 Å². The van der Waals surface area contributed by atoms with E-state index >= 15 is 0 Å². The molecule has 1 aliphatic rings. The highest BCUT2D eigenvalue weighted by atomic mass is 35.5. The quantitative estimate of drug-likeness (QED) is 0.720. The zero-order valence-corrected chi connectivity index (χ0v) is 15.6. The van der Waals surface area contributed by atoms with E-state index in [-0.39, 0.29) is 11.7 Å². The van der Waals surface area contributed by atoms with E-state index in [2.05, 4.69) is 5.32 Å². The number of ether oxygens (including phenoxy) is 2. The summed E-state index contributed by atoms with van der Waals surface area (Å²) in [6, 6.07) is 12.2. The van der Waals surface area contributed by atoms with E-state index in [9.17, 15) is 9.59 Å². The van der Waals surface area contributed by atoms with Crippen LogP contribution in [0.1, 0.15) is 35.7 Å². The molecule has 2 aromatic rings. The van der Waals surface area contributed by atoms with Gasteiger partial charge in [-0.3, -0.25) is 4.79 Å². The van der Waals surface area contributed by atoms with Gasteiger partial charge in [0, 0.05) is 10.6 Å². The highest BCUT2D eigenvalue weighted by molar-refractivity contribution is 6.30. The Hall–Kier alpha value is -2.73. The molecule has 2 aromatic carbocycles. The second kappa shape index (κ2) is 7.88. The average Bonchev–Trinajstić information content (AvgIpc) is 3.41. The van der Waals surface area contributed by atoms with Crippen LogP contribution in [-0.4, -0.2) is 30.2 Å². The Morgan fingerprint density at radius 1 is 1.15 bits per heavy atom. The van der Waals surface area contributed by atoms with Crippen LogP contribution in [0.2, 0.25) is 5.02 Å². The van der Waals surface area contributed by atoms with Gasteiger partial charge < -0.3 is 19.9 Å². The lowest BCUT2D eigenvalue weighted by atomic mass is 10.0. The third-order valence-electron chi connectivity index (χ3n) is 4.34. The zero-order chi connectivity index (χ0) is 19.4. The summed E-state index contributed by atoms with van der Waals surface area (Å²) in [4.78, 5) is 23.5. The predicted octanol–water partition coefficient (Wildman–Crippen LogP) is 3.62. The van der Waals surface area contributed by atoms with Crippen LogP contribution in [0.3, 0.4) is 0 Å². The van der Waals surface area contributed by atoms with Crippen molar-refractivity contribution in [1.82, 2.24) is 5.32 Å². The molecule has 6 nitrogen and oxygen atoms in total. The van der Waals surface area contributed by atoms with Crippen LogP contribution in [0.5, 0.6) is 11.5 Å². The Morgan fingerprint density at radius 3 is 2.56 bits per heavy atom. The van der Waals surface area contributed by atoms with E-state index in [1.54, 1.807) is 31.2 Å². The zero-order valence-electron chi connectivity index (χ0n) is 14.8. The normalized spacial score (nSPS) is 14.3. The van der Waals surface area contributed by atoms with E-state index < -0.39 is 18.1 Å². The van der Waals surface area contributed by atoms with Gasteiger partial charge in [0.2, 0.25) is 0 Å². The Bertz CT molecular complexity index is 863. The van der Waals surface area contributed by atoms with Gasteiger partial charge in [-0.25, -0.2) is 4.79 Å². The molecule has 0 unspecified atom stereocenters. The van der Waals surface area contributed by atoms with E-state index in [4.69, 9.17) is 26.2 Å². The van der Waals surface area contributed by atoms with Crippen LogP contribution in [0.4, 0.5) is 0 Å². The summed E-state index contributed by atoms with van der Waals surface area (Å²) in [5.74, 6) is -0.708. The molecule has 0 radical (unpaired) electrons. The van der Waals surface area contributed by atoms with Gasteiger partial charge in [0.1, 0.15) is 0 Å². The van der Waals surface area contributed by atoms with Gasteiger partial charge in [-0.15, -0.1) is 0 Å². The maximum atomic E-state index is 12.8. The molecule has 1 amide bonds. The number of carbonyl (C=O) groups is 2. The smallest absolute Gasteiger partial charge is 0.341 e. The average molecular weight is 390 g/mol. The molecule has 7 heteroatoms. The molecule has 0 saturated heterocycles. The number of rotatable bonds is 8. The van der Waals surface area contributed by atoms with Crippen LogP contribution < -0.4 is 14.8 Å². The van der Waals surface area contributed by atoms with Crippen molar-refractivity contribution in [3.63, 3.8) is 0 Å². The van der Waals surface area contributed by atoms with E-state index in [0.29, 0.717) is 22.9 Å². The summed E-state index contributed by atoms with van der Waals surface area (Å²) in [7, 11) is 0. The van der Waals surface area contributed by atoms with Crippen molar-refractivity contribution in [3.8, 4) is 11.5 Å². The number of hydrogen-bond donors (Lipinski definition) is 2. The number of carboxylic acids is 1. The first-order chi connectivity index (χ1) is 12.9. The highest BCUT2D eigenvalue weighted by Gasteiger charge is 2.45. The van der Waals surface area contributed by atoms with Gasteiger partial charge in [-0.1, -0.05) is 23.7 Å². The Kier molecular flexibility index (Phi) is 5.56. The number of nitrogens with one attached hydrogen (secondary N) is 1. The van der Waals surface area contributed by atoms with Crippen molar-refractivity contribution in [2.24, 2.45) is 0 Å². The molecule has 0 atom stereocenters. The first-order valence-electron chi connectivity index (χ1n) is 8.63. The highest BCUT2D eigenvalue weighted by Crippen LogP contribution is 2.46. The lowest BCUT2D eigenvalue weighted by Crippen LogP contribution is -2.34. The summed E-state index contributed by atoms with van der Waals surface area (Å²) in [6.07, 6.45) is 1.69. The summed E-state index contributed by atoms with van der Waals surface area (Å²) < 4.78 is 10.7. The van der Waals surface area contributed by atoms with Crippen molar-refractivity contribution in [2.45, 2.75) is 25.3 Å². The fraction of sp³-hybridized carbons (Fsp3) is 0.300. The number of benzene rings is 2. The minimum absolute atomic E-state index is 0.238. The van der Waals surface area contributed by atoms with Gasteiger partial charge in [0.15, 0.2) is 18.1 Å². The Morgan fingerprint density at radius 2 is 1.93 bits per heavy atom. The molecule has 0 spiro atoms. The van der Waals surface area contributed by atoms with Crippen LogP contribution in [0, 0.1) is 0 Å². The van der Waals surface area contributed by atoms with Gasteiger partial charge >= 0.3 is 5.97 Å². The summed E-state index contributed by atoms with van der Waals surface area (Å²) >= 11 is 6.07. The summed E-state index contributed by atoms with van der Waals surface area (Å²) in [5, 5.41) is 12.5. The molecule has 0 heterocycles. The number of carboxylic acid groups (broad SMARTS) is 1. The number of aliphatic carboxylic acids is 1. The number of amides is 1. The summed E-state index contributed by atoms with van der Waals surface area (Å²) in [6.45, 7) is 1.68. The molecule has 3 rings (SSSR count). The number of carbonyl (C=O) groups excluding carboxylic acids is 1. The Balaban J connectivity index is 1.78. The lowest BCUT2D eigenvalue weighted by Gasteiger charge is -2.19. The molecular weight excluding hydrogens is 370 g/mol. The van der Waals surface area contributed by atoms with Gasteiger partial charge in [-0.2, -0.15) is 0 Å². The van der Waals surface area contributed by atoms with Crippen molar-refractivity contribution in [2.75, 3.05) is 13.2 Å². The first-order valence-corrected chi connectivity index (χ1v) is 9.01. The molecule has 0 bridgehead atoms. The van der Waals surface area contributed by atoms with Gasteiger partial charge in [0.25, 0.3) is 5.91 Å². The Labute approximate surface area is 162 Å². The standard InChI is InChI=1S/C20H20ClNO5/c1-2-26-17-10-13(6-7-16(17)27-12-18(23)24)19(25)22-20(8-9-20)14-4-3-5-15(21)11-14/h3-7,10-11H,2,8-9,12H2,1H3,(H,22,25)(H,23,24). The molecule has 1 fully saturated rings. The SMILES string of the molecule is CCOc1cc(C(=O)NC2(c3cccc(Cl)c3)CC2)ccc1OCC(=O)O. The van der Waals surface area contributed by atoms with Crippen molar-refractivity contribution >= 4 is 23.5 Å². The van der Waals surface area contributed by atoms with Gasteiger partial charge in [0.05, 0.1) is 12.1 Å². The second-order valence-corrected chi connectivity index (χ2v) is 6.76. The molecule has 27 heavy (non-hydrogen) atoms.